The number of hydrogen-bond acceptors (Lipinski definition) is 6. The summed E-state index contributed by atoms with van der Waals surface area (Å²) in [4.78, 5) is 6.76. The van der Waals surface area contributed by atoms with Gasteiger partial charge in [-0.05, 0) is 49.4 Å². The standard InChI is InChI=1S/C22H26ClN5OS/c1-15-18(29-14-24-15)19-25-26-20(27(19)3)30-9-5-8-28-12-21(2)11-22(21,13-28)16-6-4-7-17(23)10-16/h4,6-7,10,14H,5,8-9,11-13H2,1-3H3. The van der Waals surface area contributed by atoms with Crippen molar-refractivity contribution in [2.75, 3.05) is 25.4 Å². The second-order valence-corrected chi connectivity index (χ2v) is 10.4. The Morgan fingerprint density at radius 2 is 2.13 bits per heavy atom. The van der Waals surface area contributed by atoms with Crippen LogP contribution in [0.2, 0.25) is 5.02 Å². The molecule has 1 aromatic carbocycles. The largest absolute Gasteiger partial charge is 0.440 e. The van der Waals surface area contributed by atoms with Crippen LogP contribution in [0.4, 0.5) is 0 Å². The van der Waals surface area contributed by atoms with E-state index in [4.69, 9.17) is 16.0 Å². The minimum absolute atomic E-state index is 0.290. The number of halogens is 1. The number of nitrogens with zero attached hydrogens (tertiary/aromatic N) is 5. The van der Waals surface area contributed by atoms with Crippen LogP contribution in [0.3, 0.4) is 0 Å². The Hall–Kier alpha value is -1.83. The molecule has 0 spiro atoms. The summed E-state index contributed by atoms with van der Waals surface area (Å²) in [6.07, 6.45) is 3.84. The summed E-state index contributed by atoms with van der Waals surface area (Å²) >= 11 is 8.01. The van der Waals surface area contributed by atoms with Gasteiger partial charge in [0.1, 0.15) is 0 Å². The van der Waals surface area contributed by atoms with Crippen LogP contribution >= 0.6 is 23.4 Å². The maximum atomic E-state index is 6.26. The van der Waals surface area contributed by atoms with E-state index in [0.29, 0.717) is 16.6 Å². The number of fused-ring (bicyclic) bond motifs is 1. The molecule has 3 heterocycles. The summed E-state index contributed by atoms with van der Waals surface area (Å²) in [7, 11) is 1.98. The lowest BCUT2D eigenvalue weighted by Crippen LogP contribution is -2.28. The van der Waals surface area contributed by atoms with E-state index in [2.05, 4.69) is 45.2 Å². The summed E-state index contributed by atoms with van der Waals surface area (Å²) in [6.45, 7) is 7.75. The van der Waals surface area contributed by atoms with Crippen molar-refractivity contribution in [1.82, 2.24) is 24.6 Å². The average Bonchev–Trinajstić information content (AvgIpc) is 3.05. The Bertz CT molecular complexity index is 1080. The quantitative estimate of drug-likeness (QED) is 0.393. The van der Waals surface area contributed by atoms with E-state index in [9.17, 15) is 0 Å². The zero-order valence-electron chi connectivity index (χ0n) is 17.6. The van der Waals surface area contributed by atoms with Crippen molar-refractivity contribution in [2.24, 2.45) is 12.5 Å². The van der Waals surface area contributed by atoms with Crippen molar-refractivity contribution in [2.45, 2.75) is 37.3 Å². The molecule has 2 atom stereocenters. The molecule has 1 aliphatic heterocycles. The Kier molecular flexibility index (Phi) is 4.95. The number of benzene rings is 1. The normalized spacial score (nSPS) is 25.6. The van der Waals surface area contributed by atoms with Crippen molar-refractivity contribution in [3.63, 3.8) is 0 Å². The predicted octanol–water partition coefficient (Wildman–Crippen LogP) is 4.58. The molecule has 6 nitrogen and oxygen atoms in total. The van der Waals surface area contributed by atoms with Crippen LogP contribution in [-0.2, 0) is 12.5 Å². The zero-order valence-corrected chi connectivity index (χ0v) is 19.1. The minimum atomic E-state index is 0.290. The molecule has 0 radical (unpaired) electrons. The fourth-order valence-electron chi connectivity index (χ4n) is 5.10. The maximum Gasteiger partial charge on any atom is 0.202 e. The van der Waals surface area contributed by atoms with Gasteiger partial charge in [0.25, 0.3) is 0 Å². The van der Waals surface area contributed by atoms with Gasteiger partial charge in [-0.2, -0.15) is 0 Å². The highest BCUT2D eigenvalue weighted by molar-refractivity contribution is 7.99. The topological polar surface area (TPSA) is 60.0 Å². The van der Waals surface area contributed by atoms with Crippen molar-refractivity contribution in [1.29, 1.82) is 0 Å². The molecular weight excluding hydrogens is 418 g/mol. The fraction of sp³-hybridized carbons (Fsp3) is 0.500. The lowest BCUT2D eigenvalue weighted by atomic mass is 9.90. The van der Waals surface area contributed by atoms with Crippen LogP contribution in [0, 0.1) is 12.3 Å². The first-order valence-electron chi connectivity index (χ1n) is 10.3. The van der Waals surface area contributed by atoms with Crippen molar-refractivity contribution in [3.8, 4) is 11.6 Å². The summed E-state index contributed by atoms with van der Waals surface area (Å²) in [5.41, 5.74) is 2.91. The second-order valence-electron chi connectivity index (χ2n) is 8.87. The maximum absolute atomic E-state index is 6.26. The van der Waals surface area contributed by atoms with Gasteiger partial charge in [0, 0.05) is 36.3 Å². The number of rotatable bonds is 7. The first-order valence-corrected chi connectivity index (χ1v) is 11.7. The molecule has 2 fully saturated rings. The predicted molar refractivity (Wildman–Crippen MR) is 119 cm³/mol. The van der Waals surface area contributed by atoms with Gasteiger partial charge in [0.05, 0.1) is 5.69 Å². The molecule has 2 unspecified atom stereocenters. The Morgan fingerprint density at radius 3 is 2.90 bits per heavy atom. The monoisotopic (exact) mass is 443 g/mol. The third-order valence-electron chi connectivity index (χ3n) is 6.80. The molecule has 30 heavy (non-hydrogen) atoms. The van der Waals surface area contributed by atoms with Crippen LogP contribution in [0.25, 0.3) is 11.6 Å². The third kappa shape index (κ3) is 3.27. The number of aromatic nitrogens is 4. The molecule has 1 saturated heterocycles. The smallest absolute Gasteiger partial charge is 0.202 e. The first-order chi connectivity index (χ1) is 14.4. The van der Waals surface area contributed by atoms with Crippen LogP contribution in [0.5, 0.6) is 0 Å². The third-order valence-corrected chi connectivity index (χ3v) is 8.14. The van der Waals surface area contributed by atoms with Gasteiger partial charge >= 0.3 is 0 Å². The van der Waals surface area contributed by atoms with Gasteiger partial charge in [0.2, 0.25) is 5.82 Å². The molecule has 8 heteroatoms. The molecule has 0 bridgehead atoms. The van der Waals surface area contributed by atoms with Crippen LogP contribution in [-0.4, -0.2) is 50.0 Å². The van der Waals surface area contributed by atoms with Crippen molar-refractivity contribution >= 4 is 23.4 Å². The van der Waals surface area contributed by atoms with Crippen molar-refractivity contribution < 1.29 is 4.42 Å². The summed E-state index contributed by atoms with van der Waals surface area (Å²) in [5, 5.41) is 10.4. The fourth-order valence-corrected chi connectivity index (χ4v) is 6.12. The Labute approximate surface area is 186 Å². The number of thioether (sulfide) groups is 1. The van der Waals surface area contributed by atoms with Crippen molar-refractivity contribution in [3.05, 3.63) is 46.9 Å². The number of oxazole rings is 1. The molecule has 158 valence electrons. The van der Waals surface area contributed by atoms with Crippen LogP contribution < -0.4 is 0 Å². The highest BCUT2D eigenvalue weighted by Gasteiger charge is 2.69. The molecule has 0 amide bonds. The van der Waals surface area contributed by atoms with Crippen LogP contribution in [0.1, 0.15) is 31.0 Å². The van der Waals surface area contributed by atoms with E-state index in [0.717, 1.165) is 47.0 Å². The molecule has 1 aliphatic carbocycles. The first kappa shape index (κ1) is 20.1. The number of piperidine rings is 1. The number of aryl methyl sites for hydroxylation is 1. The summed E-state index contributed by atoms with van der Waals surface area (Å²) < 4.78 is 7.44. The molecule has 0 N–H and O–H groups in total. The Balaban J connectivity index is 1.16. The van der Waals surface area contributed by atoms with Gasteiger partial charge in [-0.25, -0.2) is 4.98 Å². The molecule has 3 aromatic rings. The van der Waals surface area contributed by atoms with Gasteiger partial charge < -0.3 is 13.9 Å². The van der Waals surface area contributed by atoms with Crippen LogP contribution in [0.15, 0.2) is 40.2 Å². The van der Waals surface area contributed by atoms with Gasteiger partial charge in [-0.3, -0.25) is 0 Å². The van der Waals surface area contributed by atoms with E-state index >= 15 is 0 Å². The van der Waals surface area contributed by atoms with E-state index < -0.39 is 0 Å². The summed E-state index contributed by atoms with van der Waals surface area (Å²) in [5.74, 6) is 2.43. The molecular formula is C22H26ClN5OS. The van der Waals surface area contributed by atoms with Gasteiger partial charge in [-0.1, -0.05) is 42.4 Å². The Morgan fingerprint density at radius 1 is 1.27 bits per heavy atom. The lowest BCUT2D eigenvalue weighted by molar-refractivity contribution is 0.284. The molecule has 1 saturated carbocycles. The minimum Gasteiger partial charge on any atom is -0.440 e. The molecule has 2 aliphatic rings. The molecule has 2 aromatic heterocycles. The highest BCUT2D eigenvalue weighted by Crippen LogP contribution is 2.68. The zero-order chi connectivity index (χ0) is 20.9. The summed E-state index contributed by atoms with van der Waals surface area (Å²) in [6, 6.07) is 8.46. The van der Waals surface area contributed by atoms with E-state index in [1.54, 1.807) is 11.8 Å². The SMILES string of the molecule is Cc1ncoc1-c1nnc(SCCCN2CC3(C)CC3(c3cccc(Cl)c3)C2)n1C. The van der Waals surface area contributed by atoms with E-state index in [1.165, 1.54) is 24.9 Å². The molecule has 5 rings (SSSR count). The van der Waals surface area contributed by atoms with E-state index in [-0.39, 0.29) is 0 Å². The van der Waals surface area contributed by atoms with Gasteiger partial charge in [0.15, 0.2) is 17.3 Å². The average molecular weight is 444 g/mol. The van der Waals surface area contributed by atoms with Gasteiger partial charge in [-0.15, -0.1) is 10.2 Å². The lowest BCUT2D eigenvalue weighted by Gasteiger charge is -2.21. The highest BCUT2D eigenvalue weighted by atomic mass is 35.5. The second kappa shape index (κ2) is 7.39. The van der Waals surface area contributed by atoms with E-state index in [1.807, 2.05) is 24.6 Å². The number of hydrogen-bond donors (Lipinski definition) is 0. The number of likely N-dealkylation sites (tertiary alicyclic amines) is 1.